The third-order valence-corrected chi connectivity index (χ3v) is 7.96. The number of quaternary nitrogens is 1. The van der Waals surface area contributed by atoms with Crippen molar-refractivity contribution in [2.24, 2.45) is 0 Å². The second kappa shape index (κ2) is 20.5. The Morgan fingerprint density at radius 1 is 0.794 bits per heavy atom. The number of nitrogens with one attached hydrogen (secondary N) is 1. The molecule has 0 spiro atoms. The molecule has 204 valence electrons. The Hall–Kier alpha value is -0.660. The van der Waals surface area contributed by atoms with Crippen molar-refractivity contribution in [3.63, 3.8) is 0 Å². The monoisotopic (exact) mass is 504 g/mol. The van der Waals surface area contributed by atoms with Crippen molar-refractivity contribution < 1.29 is 22.2 Å². The number of hydrogen-bond acceptors (Lipinski definition) is 4. The van der Waals surface area contributed by atoms with Crippen molar-refractivity contribution in [1.82, 2.24) is 5.32 Å². The summed E-state index contributed by atoms with van der Waals surface area (Å²) in [6, 6.07) is 0.0831. The SMILES string of the molecule is CCCCCCCCCCCCCCCCCC(=O)NCCC[N+](C)(C)C(C)CCS(=O)(=O)[O-]. The van der Waals surface area contributed by atoms with E-state index < -0.39 is 10.1 Å². The Balaban J connectivity index is 3.51. The van der Waals surface area contributed by atoms with E-state index in [0.29, 0.717) is 23.9 Å². The van der Waals surface area contributed by atoms with Crippen LogP contribution in [0.5, 0.6) is 0 Å². The molecule has 1 unspecified atom stereocenters. The molecule has 0 saturated carbocycles. The van der Waals surface area contributed by atoms with Crippen LogP contribution in [0.15, 0.2) is 0 Å². The summed E-state index contributed by atoms with van der Waals surface area (Å²) >= 11 is 0. The molecule has 0 saturated heterocycles. The molecule has 0 aliphatic carbocycles. The molecule has 1 amide bonds. The summed E-state index contributed by atoms with van der Waals surface area (Å²) in [5.74, 6) is -0.184. The van der Waals surface area contributed by atoms with E-state index in [1.54, 1.807) is 0 Å². The van der Waals surface area contributed by atoms with Gasteiger partial charge in [-0.1, -0.05) is 96.8 Å². The predicted octanol–water partition coefficient (Wildman–Crippen LogP) is 6.15. The molecule has 6 nitrogen and oxygen atoms in total. The van der Waals surface area contributed by atoms with Gasteiger partial charge in [0.15, 0.2) is 0 Å². The van der Waals surface area contributed by atoms with Gasteiger partial charge in [0.2, 0.25) is 5.91 Å². The second-order valence-corrected chi connectivity index (χ2v) is 12.3. The fraction of sp³-hybridized carbons (Fsp3) is 0.963. The minimum Gasteiger partial charge on any atom is -0.748 e. The largest absolute Gasteiger partial charge is 0.748 e. The number of carbonyl (C=O) groups excluding carboxylic acids is 1. The number of rotatable bonds is 24. The lowest BCUT2D eigenvalue weighted by molar-refractivity contribution is -0.913. The summed E-state index contributed by atoms with van der Waals surface area (Å²) in [5, 5.41) is 3.01. The van der Waals surface area contributed by atoms with Gasteiger partial charge in [-0.25, -0.2) is 8.42 Å². The molecule has 34 heavy (non-hydrogen) atoms. The molecule has 0 fully saturated rings. The molecule has 0 radical (unpaired) electrons. The van der Waals surface area contributed by atoms with Crippen LogP contribution in [-0.4, -0.2) is 62.3 Å². The lowest BCUT2D eigenvalue weighted by Crippen LogP contribution is -2.49. The zero-order chi connectivity index (χ0) is 25.7. The number of hydrogen-bond donors (Lipinski definition) is 1. The van der Waals surface area contributed by atoms with Crippen LogP contribution in [0.25, 0.3) is 0 Å². The van der Waals surface area contributed by atoms with Gasteiger partial charge in [0.1, 0.15) is 0 Å². The summed E-state index contributed by atoms with van der Waals surface area (Å²) in [6.07, 6.45) is 21.7. The number of nitrogens with zero attached hydrogens (tertiary/aromatic N) is 1. The smallest absolute Gasteiger partial charge is 0.219 e. The van der Waals surface area contributed by atoms with Gasteiger partial charge in [-0.05, 0) is 13.3 Å². The topological polar surface area (TPSA) is 86.3 Å². The predicted molar refractivity (Wildman–Crippen MR) is 143 cm³/mol. The van der Waals surface area contributed by atoms with Gasteiger partial charge in [-0.15, -0.1) is 0 Å². The molecule has 0 bridgehead atoms. The standard InChI is InChI=1S/C27H56N2O4S/c1-5-6-7-8-9-10-11-12-13-14-15-16-17-18-19-21-27(30)28-23-20-24-29(3,4)26(2)22-25-34(31,32)33/h26H,5-25H2,1-4H3,(H-,28,30,31,32,33). The summed E-state index contributed by atoms with van der Waals surface area (Å²) in [6.45, 7) is 5.72. The van der Waals surface area contributed by atoms with Gasteiger partial charge in [0.05, 0.1) is 36.8 Å². The Morgan fingerprint density at radius 2 is 1.24 bits per heavy atom. The van der Waals surface area contributed by atoms with Crippen molar-refractivity contribution in [3.05, 3.63) is 0 Å². The second-order valence-electron chi connectivity index (χ2n) is 10.8. The van der Waals surface area contributed by atoms with Crippen LogP contribution in [0.1, 0.15) is 129 Å². The van der Waals surface area contributed by atoms with Crippen LogP contribution in [0.2, 0.25) is 0 Å². The van der Waals surface area contributed by atoms with E-state index in [9.17, 15) is 17.8 Å². The fourth-order valence-corrected chi connectivity index (χ4v) is 4.97. The highest BCUT2D eigenvalue weighted by molar-refractivity contribution is 7.85. The zero-order valence-electron chi connectivity index (χ0n) is 22.9. The number of unbranched alkanes of at least 4 members (excludes halogenated alkanes) is 14. The van der Waals surface area contributed by atoms with Crippen LogP contribution < -0.4 is 5.32 Å². The highest BCUT2D eigenvalue weighted by Gasteiger charge is 2.23. The molecule has 0 aromatic heterocycles. The van der Waals surface area contributed by atoms with Crippen LogP contribution in [0, 0.1) is 0 Å². The van der Waals surface area contributed by atoms with Crippen molar-refractivity contribution in [2.45, 2.75) is 135 Å². The molecule has 0 rings (SSSR count). The molecular weight excluding hydrogens is 448 g/mol. The first-order valence-corrected chi connectivity index (χ1v) is 15.7. The molecule has 0 aromatic carbocycles. The van der Waals surface area contributed by atoms with Crippen molar-refractivity contribution in [2.75, 3.05) is 32.9 Å². The highest BCUT2D eigenvalue weighted by atomic mass is 32.2. The Kier molecular flexibility index (Phi) is 20.1. The van der Waals surface area contributed by atoms with Gasteiger partial charge >= 0.3 is 0 Å². The maximum atomic E-state index is 12.0. The molecule has 1 N–H and O–H groups in total. The highest BCUT2D eigenvalue weighted by Crippen LogP contribution is 2.14. The van der Waals surface area contributed by atoms with E-state index in [1.807, 2.05) is 21.0 Å². The first-order chi connectivity index (χ1) is 16.1. The minimum atomic E-state index is -4.16. The molecule has 0 aliphatic rings. The summed E-state index contributed by atoms with van der Waals surface area (Å²) in [7, 11) is -0.0765. The molecular formula is C27H56N2O4S. The van der Waals surface area contributed by atoms with Crippen molar-refractivity contribution in [1.29, 1.82) is 0 Å². The third kappa shape index (κ3) is 21.8. The van der Waals surface area contributed by atoms with Crippen molar-refractivity contribution >= 4 is 16.0 Å². The van der Waals surface area contributed by atoms with Crippen LogP contribution in [0.3, 0.4) is 0 Å². The molecule has 0 aromatic rings. The Labute approximate surface area is 212 Å². The lowest BCUT2D eigenvalue weighted by atomic mass is 10.0. The van der Waals surface area contributed by atoms with Gasteiger partial charge in [0, 0.05) is 31.6 Å². The minimum absolute atomic E-state index is 0.0831. The summed E-state index contributed by atoms with van der Waals surface area (Å²) in [4.78, 5) is 12.0. The van der Waals surface area contributed by atoms with E-state index in [4.69, 9.17) is 0 Å². The number of carbonyl (C=O) groups is 1. The van der Waals surface area contributed by atoms with Crippen molar-refractivity contribution in [3.8, 4) is 0 Å². The first kappa shape index (κ1) is 33.3. The molecule has 1 atom stereocenters. The van der Waals surface area contributed by atoms with E-state index >= 15 is 0 Å². The van der Waals surface area contributed by atoms with Gasteiger partial charge < -0.3 is 14.4 Å². The summed E-state index contributed by atoms with van der Waals surface area (Å²) in [5.41, 5.74) is 0. The van der Waals surface area contributed by atoms with Gasteiger partial charge in [-0.3, -0.25) is 4.79 Å². The summed E-state index contributed by atoms with van der Waals surface area (Å²) < 4.78 is 33.2. The van der Waals surface area contributed by atoms with Crippen LogP contribution in [-0.2, 0) is 14.9 Å². The quantitative estimate of drug-likeness (QED) is 0.0969. The Bertz CT molecular complexity index is 593. The average molecular weight is 505 g/mol. The Morgan fingerprint density at radius 3 is 1.68 bits per heavy atom. The number of amides is 1. The van der Waals surface area contributed by atoms with Gasteiger partial charge in [0.25, 0.3) is 0 Å². The maximum Gasteiger partial charge on any atom is 0.219 e. The van der Waals surface area contributed by atoms with Crippen LogP contribution >= 0.6 is 0 Å². The first-order valence-electron chi connectivity index (χ1n) is 14.1. The normalized spacial score (nSPS) is 13.2. The van der Waals surface area contributed by atoms with E-state index in [0.717, 1.165) is 25.8 Å². The fourth-order valence-electron chi connectivity index (χ4n) is 4.34. The van der Waals surface area contributed by atoms with Gasteiger partial charge in [-0.2, -0.15) is 0 Å². The molecule has 0 heterocycles. The van der Waals surface area contributed by atoms with E-state index in [1.165, 1.54) is 83.5 Å². The maximum absolute atomic E-state index is 12.0. The van der Waals surface area contributed by atoms with Crippen LogP contribution in [0.4, 0.5) is 0 Å². The van der Waals surface area contributed by atoms with E-state index in [-0.39, 0.29) is 17.7 Å². The molecule has 0 aliphatic heterocycles. The average Bonchev–Trinajstić information content (AvgIpc) is 2.77. The lowest BCUT2D eigenvalue weighted by Gasteiger charge is -2.36. The zero-order valence-corrected chi connectivity index (χ0v) is 23.7. The third-order valence-electron chi connectivity index (χ3n) is 7.22. The van der Waals surface area contributed by atoms with E-state index in [2.05, 4.69) is 12.2 Å². The molecule has 7 heteroatoms.